The fourth-order valence-electron chi connectivity index (χ4n) is 2.49. The summed E-state index contributed by atoms with van der Waals surface area (Å²) >= 11 is 1.19. The smallest absolute Gasteiger partial charge is 0.266 e. The lowest BCUT2D eigenvalue weighted by molar-refractivity contribution is 0.102. The Hall–Kier alpha value is -2.31. The average molecular weight is 347 g/mol. The summed E-state index contributed by atoms with van der Waals surface area (Å²) in [6.07, 6.45) is 0. The molecule has 0 aliphatic rings. The highest BCUT2D eigenvalue weighted by Gasteiger charge is 2.21. The van der Waals surface area contributed by atoms with Crippen LogP contribution in [0.3, 0.4) is 0 Å². The molecule has 0 bridgehead atoms. The third-order valence-corrected chi connectivity index (χ3v) is 4.88. The van der Waals surface area contributed by atoms with E-state index in [1.54, 1.807) is 31.2 Å². The van der Waals surface area contributed by atoms with E-state index in [9.17, 15) is 13.6 Å². The molecule has 3 nitrogen and oxygen atoms in total. The normalized spacial score (nSPS) is 11.0. The van der Waals surface area contributed by atoms with Crippen molar-refractivity contribution in [1.29, 1.82) is 0 Å². The largest absolute Gasteiger partial charge is 0.380 e. The van der Waals surface area contributed by atoms with Crippen molar-refractivity contribution in [3.63, 3.8) is 0 Å². The molecule has 1 heterocycles. The van der Waals surface area contributed by atoms with Gasteiger partial charge in [0.25, 0.3) is 5.91 Å². The third-order valence-electron chi connectivity index (χ3n) is 3.69. The number of hydrogen-bond acceptors (Lipinski definition) is 3. The van der Waals surface area contributed by atoms with Gasteiger partial charge < -0.3 is 10.1 Å². The van der Waals surface area contributed by atoms with Gasteiger partial charge in [-0.25, -0.2) is 8.78 Å². The van der Waals surface area contributed by atoms with Crippen molar-refractivity contribution in [2.45, 2.75) is 13.5 Å². The molecule has 0 aliphatic heterocycles. The molecule has 0 saturated heterocycles. The molecule has 1 N–H and O–H groups in total. The molecule has 0 fully saturated rings. The molecule has 0 spiro atoms. The van der Waals surface area contributed by atoms with Gasteiger partial charge in [-0.3, -0.25) is 4.79 Å². The number of benzene rings is 2. The van der Waals surface area contributed by atoms with Crippen molar-refractivity contribution in [3.05, 3.63) is 64.0 Å². The number of carbonyl (C=O) groups is 1. The van der Waals surface area contributed by atoms with Gasteiger partial charge in [-0.05, 0) is 36.8 Å². The monoisotopic (exact) mass is 347 g/mol. The van der Waals surface area contributed by atoms with Crippen molar-refractivity contribution in [2.75, 3.05) is 12.4 Å². The Labute approximate surface area is 141 Å². The molecule has 124 valence electrons. The minimum Gasteiger partial charge on any atom is -0.380 e. The van der Waals surface area contributed by atoms with Gasteiger partial charge in [0.1, 0.15) is 11.6 Å². The Morgan fingerprint density at radius 2 is 2.00 bits per heavy atom. The maximum absolute atomic E-state index is 14.1. The Kier molecular flexibility index (Phi) is 4.59. The molecule has 0 aliphatic carbocycles. The first-order valence-electron chi connectivity index (χ1n) is 7.27. The van der Waals surface area contributed by atoms with Crippen LogP contribution in [0.15, 0.2) is 36.4 Å². The predicted octanol–water partition coefficient (Wildman–Crippen LogP) is 4.89. The quantitative estimate of drug-likeness (QED) is 0.730. The number of carbonyl (C=O) groups excluding carboxylic acids is 1. The number of rotatable bonds is 4. The van der Waals surface area contributed by atoms with Crippen LogP contribution in [0.5, 0.6) is 0 Å². The molecule has 6 heteroatoms. The summed E-state index contributed by atoms with van der Waals surface area (Å²) in [4.78, 5) is 12.9. The molecule has 0 saturated carbocycles. The maximum Gasteiger partial charge on any atom is 0.266 e. The predicted molar refractivity (Wildman–Crippen MR) is 91.6 cm³/mol. The zero-order chi connectivity index (χ0) is 17.3. The second-order valence-corrected chi connectivity index (χ2v) is 6.43. The molecular weight excluding hydrogens is 332 g/mol. The summed E-state index contributed by atoms with van der Waals surface area (Å²) in [5, 5.41) is 3.05. The van der Waals surface area contributed by atoms with Gasteiger partial charge >= 0.3 is 0 Å². The first-order valence-corrected chi connectivity index (χ1v) is 8.09. The van der Waals surface area contributed by atoms with Gasteiger partial charge in [-0.2, -0.15) is 0 Å². The summed E-state index contributed by atoms with van der Waals surface area (Å²) in [5.74, 6) is -1.20. The first-order chi connectivity index (χ1) is 11.5. The maximum atomic E-state index is 14.1. The first kappa shape index (κ1) is 16.5. The highest BCUT2D eigenvalue weighted by Crippen LogP contribution is 2.34. The van der Waals surface area contributed by atoms with E-state index in [1.807, 2.05) is 0 Å². The summed E-state index contributed by atoms with van der Waals surface area (Å²) in [6, 6.07) is 9.18. The fourth-order valence-corrected chi connectivity index (χ4v) is 3.61. The molecule has 0 atom stereocenters. The van der Waals surface area contributed by atoms with E-state index in [0.717, 1.165) is 0 Å². The van der Waals surface area contributed by atoms with Crippen LogP contribution in [-0.2, 0) is 11.3 Å². The Morgan fingerprint density at radius 1 is 1.21 bits per heavy atom. The minimum absolute atomic E-state index is 0.117. The number of amides is 1. The van der Waals surface area contributed by atoms with Crippen LogP contribution in [0.4, 0.5) is 14.5 Å². The molecule has 1 aromatic heterocycles. The number of halogens is 2. The van der Waals surface area contributed by atoms with Crippen LogP contribution in [0.1, 0.15) is 20.8 Å². The lowest BCUT2D eigenvalue weighted by Gasteiger charge is -2.07. The van der Waals surface area contributed by atoms with Crippen molar-refractivity contribution < 1.29 is 18.3 Å². The highest BCUT2D eigenvalue weighted by atomic mass is 32.1. The van der Waals surface area contributed by atoms with E-state index >= 15 is 0 Å². The SMILES string of the molecule is COCc1c(C(=O)Nc2ccc(C)c(F)c2)sc2cccc(F)c12. The van der Waals surface area contributed by atoms with Crippen LogP contribution in [0, 0.1) is 18.6 Å². The topological polar surface area (TPSA) is 38.3 Å². The van der Waals surface area contributed by atoms with Crippen molar-refractivity contribution >= 4 is 33.0 Å². The number of aryl methyl sites for hydroxylation is 1. The molecule has 2 aromatic carbocycles. The molecule has 3 aromatic rings. The van der Waals surface area contributed by atoms with Gasteiger partial charge in [0.05, 0.1) is 11.5 Å². The lowest BCUT2D eigenvalue weighted by Crippen LogP contribution is -2.12. The molecule has 1 amide bonds. The van der Waals surface area contributed by atoms with E-state index in [4.69, 9.17) is 4.74 Å². The molecule has 0 radical (unpaired) electrons. The number of nitrogens with one attached hydrogen (secondary N) is 1. The van der Waals surface area contributed by atoms with E-state index < -0.39 is 17.5 Å². The van der Waals surface area contributed by atoms with Crippen LogP contribution in [-0.4, -0.2) is 13.0 Å². The second kappa shape index (κ2) is 6.67. The van der Waals surface area contributed by atoms with Crippen LogP contribution in [0.2, 0.25) is 0 Å². The molecule has 24 heavy (non-hydrogen) atoms. The number of hydrogen-bond donors (Lipinski definition) is 1. The number of fused-ring (bicyclic) bond motifs is 1. The second-order valence-electron chi connectivity index (χ2n) is 5.37. The Morgan fingerprint density at radius 3 is 2.71 bits per heavy atom. The Bertz CT molecular complexity index is 921. The van der Waals surface area contributed by atoms with Gasteiger partial charge in [0.15, 0.2) is 0 Å². The van der Waals surface area contributed by atoms with Crippen molar-refractivity contribution in [3.8, 4) is 0 Å². The summed E-state index contributed by atoms with van der Waals surface area (Å²) in [5.41, 5.74) is 1.35. The van der Waals surface area contributed by atoms with Gasteiger partial charge in [-0.15, -0.1) is 11.3 Å². The van der Waals surface area contributed by atoms with Crippen LogP contribution < -0.4 is 5.32 Å². The van der Waals surface area contributed by atoms with Crippen molar-refractivity contribution in [1.82, 2.24) is 0 Å². The molecule has 3 rings (SSSR count). The zero-order valence-corrected chi connectivity index (χ0v) is 14.0. The summed E-state index contributed by atoms with van der Waals surface area (Å²) < 4.78 is 33.6. The minimum atomic E-state index is -0.411. The number of ether oxygens (including phenoxy) is 1. The van der Waals surface area contributed by atoms with E-state index in [1.165, 1.54) is 30.6 Å². The molecule has 0 unspecified atom stereocenters. The number of anilines is 1. The fraction of sp³-hybridized carbons (Fsp3) is 0.167. The standard InChI is InChI=1S/C18H15F2NO2S/c1-10-6-7-11(8-14(10)20)21-18(22)17-12(9-23-2)16-13(19)4-3-5-15(16)24-17/h3-8H,9H2,1-2H3,(H,21,22). The van der Waals surface area contributed by atoms with E-state index in [0.29, 0.717) is 31.8 Å². The number of methoxy groups -OCH3 is 1. The van der Waals surface area contributed by atoms with Gasteiger partial charge in [0, 0.05) is 28.4 Å². The summed E-state index contributed by atoms with van der Waals surface area (Å²) in [7, 11) is 1.49. The molecular formula is C18H15F2NO2S. The third kappa shape index (κ3) is 3.02. The van der Waals surface area contributed by atoms with Gasteiger partial charge in [0.2, 0.25) is 0 Å². The number of thiophene rings is 1. The van der Waals surface area contributed by atoms with Crippen LogP contribution in [0.25, 0.3) is 10.1 Å². The highest BCUT2D eigenvalue weighted by molar-refractivity contribution is 7.21. The zero-order valence-electron chi connectivity index (χ0n) is 13.2. The van der Waals surface area contributed by atoms with Crippen molar-refractivity contribution in [2.24, 2.45) is 0 Å². The van der Waals surface area contributed by atoms with E-state index in [-0.39, 0.29) is 6.61 Å². The summed E-state index contributed by atoms with van der Waals surface area (Å²) in [6.45, 7) is 1.76. The lowest BCUT2D eigenvalue weighted by atomic mass is 10.1. The Balaban J connectivity index is 2.01. The van der Waals surface area contributed by atoms with E-state index in [2.05, 4.69) is 5.32 Å². The average Bonchev–Trinajstić information content (AvgIpc) is 2.91. The van der Waals surface area contributed by atoms with Crippen LogP contribution >= 0.6 is 11.3 Å². The van der Waals surface area contributed by atoms with Gasteiger partial charge in [-0.1, -0.05) is 12.1 Å².